The van der Waals surface area contributed by atoms with Crippen LogP contribution in [0.4, 0.5) is 0 Å². The van der Waals surface area contributed by atoms with Gasteiger partial charge in [0.15, 0.2) is 6.10 Å². The predicted molar refractivity (Wildman–Crippen MR) is 297 cm³/mol. The van der Waals surface area contributed by atoms with Gasteiger partial charge in [0.05, 0.1) is 0 Å². The molecule has 0 radical (unpaired) electrons. The third-order valence-electron chi connectivity index (χ3n) is 12.3. The van der Waals surface area contributed by atoms with Crippen molar-refractivity contribution in [3.8, 4) is 0 Å². The van der Waals surface area contributed by atoms with Crippen LogP contribution >= 0.6 is 0 Å². The Hall–Kier alpha value is -3.41. The average molecular weight is 962 g/mol. The van der Waals surface area contributed by atoms with Crippen LogP contribution < -0.4 is 0 Å². The second-order valence-electron chi connectivity index (χ2n) is 19.2. The number of hydrogen-bond acceptors (Lipinski definition) is 6. The third kappa shape index (κ3) is 55.4. The van der Waals surface area contributed by atoms with E-state index in [1.54, 1.807) is 0 Å². The summed E-state index contributed by atoms with van der Waals surface area (Å²) in [5.74, 6) is -0.931. The van der Waals surface area contributed by atoms with Crippen LogP contribution in [0.5, 0.6) is 0 Å². The fourth-order valence-corrected chi connectivity index (χ4v) is 7.92. The zero-order valence-corrected chi connectivity index (χ0v) is 45.3. The van der Waals surface area contributed by atoms with Crippen LogP contribution in [0.2, 0.25) is 0 Å². The van der Waals surface area contributed by atoms with Crippen molar-refractivity contribution in [2.45, 2.75) is 284 Å². The van der Waals surface area contributed by atoms with E-state index in [9.17, 15) is 14.4 Å². The SMILES string of the molecule is CCCCC/C=C\C/C=C\C/C=C\C/C=C\CCCCCC(=O)OC[C@@H](COC(=O)CCCCCCC/C=C\CCCCCC)OC(=O)CCCCCCCCCCC/C=C\C/C=C\CCCCC. The number of esters is 3. The largest absolute Gasteiger partial charge is 0.462 e. The maximum atomic E-state index is 12.9. The van der Waals surface area contributed by atoms with Crippen molar-refractivity contribution in [2.75, 3.05) is 13.2 Å². The summed E-state index contributed by atoms with van der Waals surface area (Å²) in [6, 6.07) is 0. The molecule has 0 N–H and O–H groups in total. The molecule has 0 saturated heterocycles. The minimum absolute atomic E-state index is 0.0927. The summed E-state index contributed by atoms with van der Waals surface area (Å²) in [6.07, 6.45) is 74.2. The van der Waals surface area contributed by atoms with Crippen molar-refractivity contribution in [3.63, 3.8) is 0 Å². The zero-order valence-electron chi connectivity index (χ0n) is 45.3. The smallest absolute Gasteiger partial charge is 0.306 e. The second-order valence-corrected chi connectivity index (χ2v) is 19.2. The summed E-state index contributed by atoms with van der Waals surface area (Å²) >= 11 is 0. The molecule has 396 valence electrons. The van der Waals surface area contributed by atoms with Crippen LogP contribution in [0, 0.1) is 0 Å². The molecule has 0 fully saturated rings. The highest BCUT2D eigenvalue weighted by molar-refractivity contribution is 5.71. The first-order valence-corrected chi connectivity index (χ1v) is 29.1. The fraction of sp³-hybridized carbons (Fsp3) is 0.730. The Balaban J connectivity index is 4.44. The van der Waals surface area contributed by atoms with E-state index in [1.165, 1.54) is 141 Å². The highest BCUT2D eigenvalue weighted by Crippen LogP contribution is 2.14. The van der Waals surface area contributed by atoms with Crippen LogP contribution in [0.1, 0.15) is 278 Å². The molecule has 0 aliphatic carbocycles. The fourth-order valence-electron chi connectivity index (χ4n) is 7.92. The molecular formula is C63H108O6. The lowest BCUT2D eigenvalue weighted by atomic mass is 10.1. The monoisotopic (exact) mass is 961 g/mol. The van der Waals surface area contributed by atoms with Crippen molar-refractivity contribution in [1.82, 2.24) is 0 Å². The van der Waals surface area contributed by atoms with E-state index < -0.39 is 6.10 Å². The van der Waals surface area contributed by atoms with E-state index in [2.05, 4.69) is 106 Å². The maximum absolute atomic E-state index is 12.9. The summed E-state index contributed by atoms with van der Waals surface area (Å²) in [7, 11) is 0. The predicted octanol–water partition coefficient (Wildman–Crippen LogP) is 19.5. The molecule has 0 aromatic carbocycles. The van der Waals surface area contributed by atoms with E-state index in [-0.39, 0.29) is 31.1 Å². The minimum Gasteiger partial charge on any atom is -0.462 e. The normalized spacial score (nSPS) is 12.7. The van der Waals surface area contributed by atoms with Gasteiger partial charge in [-0.1, -0.05) is 221 Å². The summed E-state index contributed by atoms with van der Waals surface area (Å²) in [5, 5.41) is 0. The lowest BCUT2D eigenvalue weighted by molar-refractivity contribution is -0.167. The Morgan fingerprint density at radius 2 is 0.522 bits per heavy atom. The minimum atomic E-state index is -0.796. The molecule has 6 heteroatoms. The molecule has 0 spiro atoms. The van der Waals surface area contributed by atoms with Gasteiger partial charge in [0.25, 0.3) is 0 Å². The molecule has 0 bridgehead atoms. The third-order valence-corrected chi connectivity index (χ3v) is 12.3. The van der Waals surface area contributed by atoms with Crippen molar-refractivity contribution in [2.24, 2.45) is 0 Å². The van der Waals surface area contributed by atoms with Gasteiger partial charge in [-0.25, -0.2) is 0 Å². The number of carbonyl (C=O) groups is 3. The summed E-state index contributed by atoms with van der Waals surface area (Å²) in [4.78, 5) is 38.2. The van der Waals surface area contributed by atoms with E-state index in [0.29, 0.717) is 19.3 Å². The van der Waals surface area contributed by atoms with Gasteiger partial charge >= 0.3 is 17.9 Å². The Labute approximate surface area is 426 Å². The van der Waals surface area contributed by atoms with Gasteiger partial charge in [-0.2, -0.15) is 0 Å². The van der Waals surface area contributed by atoms with Gasteiger partial charge in [-0.05, 0) is 122 Å². The number of allylic oxidation sites excluding steroid dienone is 14. The lowest BCUT2D eigenvalue weighted by Crippen LogP contribution is -2.30. The molecule has 0 unspecified atom stereocenters. The van der Waals surface area contributed by atoms with Crippen molar-refractivity contribution >= 4 is 17.9 Å². The number of rotatable bonds is 52. The summed E-state index contributed by atoms with van der Waals surface area (Å²) in [6.45, 7) is 6.55. The first-order valence-electron chi connectivity index (χ1n) is 29.1. The summed E-state index contributed by atoms with van der Waals surface area (Å²) < 4.78 is 16.8. The van der Waals surface area contributed by atoms with Crippen LogP contribution in [-0.2, 0) is 28.6 Å². The Morgan fingerprint density at radius 1 is 0.290 bits per heavy atom. The Kier molecular flexibility index (Phi) is 54.3. The van der Waals surface area contributed by atoms with E-state index in [4.69, 9.17) is 14.2 Å². The van der Waals surface area contributed by atoms with Crippen LogP contribution in [-0.4, -0.2) is 37.2 Å². The average Bonchev–Trinajstić information content (AvgIpc) is 3.35. The first kappa shape index (κ1) is 65.6. The molecule has 0 aliphatic heterocycles. The van der Waals surface area contributed by atoms with Crippen LogP contribution in [0.3, 0.4) is 0 Å². The highest BCUT2D eigenvalue weighted by Gasteiger charge is 2.19. The highest BCUT2D eigenvalue weighted by atomic mass is 16.6. The standard InChI is InChI=1S/C63H108O6/c1-4-7-10-13-16-19-22-25-27-29-31-33-35-38-41-44-47-50-53-56-62(65)68-59-60(58-67-61(64)55-52-49-46-43-40-37-24-21-18-15-12-9-6-3)69-63(66)57-54-51-48-45-42-39-36-34-32-30-28-26-23-20-17-14-11-8-5-2/h16-17,19-21,24-28,31,33,38,41,60H,4-15,18,22-23,29-30,32,34-37,39-40,42-59H2,1-3H3/b19-16-,20-17-,24-21-,27-25-,28-26-,33-31-,41-38-/t60-/m1/s1. The van der Waals surface area contributed by atoms with E-state index in [0.717, 1.165) is 96.3 Å². The molecule has 0 aliphatic rings. The molecule has 6 nitrogen and oxygen atoms in total. The number of hydrogen-bond donors (Lipinski definition) is 0. The molecule has 0 rings (SSSR count). The topological polar surface area (TPSA) is 78.9 Å². The molecule has 0 heterocycles. The molecule has 0 amide bonds. The first-order chi connectivity index (χ1) is 34.0. The Bertz CT molecular complexity index is 1330. The zero-order chi connectivity index (χ0) is 50.0. The van der Waals surface area contributed by atoms with Gasteiger partial charge in [-0.3, -0.25) is 14.4 Å². The summed E-state index contributed by atoms with van der Waals surface area (Å²) in [5.41, 5.74) is 0. The van der Waals surface area contributed by atoms with Gasteiger partial charge in [0.1, 0.15) is 13.2 Å². The molecule has 1 atom stereocenters. The number of ether oxygens (including phenoxy) is 3. The Morgan fingerprint density at radius 3 is 0.870 bits per heavy atom. The second kappa shape index (κ2) is 57.2. The van der Waals surface area contributed by atoms with Gasteiger partial charge < -0.3 is 14.2 Å². The van der Waals surface area contributed by atoms with Gasteiger partial charge in [0, 0.05) is 19.3 Å². The van der Waals surface area contributed by atoms with Gasteiger partial charge in [0.2, 0.25) is 0 Å². The molecule has 0 aromatic heterocycles. The lowest BCUT2D eigenvalue weighted by Gasteiger charge is -2.18. The van der Waals surface area contributed by atoms with Gasteiger partial charge in [-0.15, -0.1) is 0 Å². The number of carbonyl (C=O) groups excluding carboxylic acids is 3. The van der Waals surface area contributed by atoms with Crippen LogP contribution in [0.25, 0.3) is 0 Å². The quantitative estimate of drug-likeness (QED) is 0.0262. The van der Waals surface area contributed by atoms with E-state index >= 15 is 0 Å². The molecular weight excluding hydrogens is 853 g/mol. The number of unbranched alkanes of at least 4 members (excludes halogenated alkanes) is 27. The molecule has 0 aromatic rings. The molecule has 0 saturated carbocycles. The van der Waals surface area contributed by atoms with Crippen molar-refractivity contribution in [3.05, 3.63) is 85.1 Å². The van der Waals surface area contributed by atoms with Crippen molar-refractivity contribution in [1.29, 1.82) is 0 Å². The van der Waals surface area contributed by atoms with E-state index in [1.807, 2.05) is 0 Å². The van der Waals surface area contributed by atoms with Crippen molar-refractivity contribution < 1.29 is 28.6 Å². The molecule has 69 heavy (non-hydrogen) atoms. The van der Waals surface area contributed by atoms with Crippen LogP contribution in [0.15, 0.2) is 85.1 Å². The maximum Gasteiger partial charge on any atom is 0.306 e.